The van der Waals surface area contributed by atoms with E-state index in [4.69, 9.17) is 11.6 Å². The molecule has 0 aliphatic rings. The summed E-state index contributed by atoms with van der Waals surface area (Å²) in [6.07, 6.45) is 2.94. The van der Waals surface area contributed by atoms with E-state index in [1.807, 2.05) is 6.92 Å². The number of alkyl halides is 1. The summed E-state index contributed by atoms with van der Waals surface area (Å²) in [7, 11) is -3.55. The molecule has 0 saturated carbocycles. The molecule has 0 amide bonds. The highest BCUT2D eigenvalue weighted by molar-refractivity contribution is 7.89. The van der Waals surface area contributed by atoms with Gasteiger partial charge in [0.15, 0.2) is 0 Å². The van der Waals surface area contributed by atoms with E-state index in [0.29, 0.717) is 12.3 Å². The Morgan fingerprint density at radius 3 is 2.59 bits per heavy atom. The molecule has 1 N–H and O–H groups in total. The summed E-state index contributed by atoms with van der Waals surface area (Å²) in [4.78, 5) is 2.36. The third-order valence-electron chi connectivity index (χ3n) is 2.06. The van der Waals surface area contributed by atoms with Gasteiger partial charge in [-0.15, -0.1) is 11.6 Å². The maximum absolute atomic E-state index is 11.7. The second kappa shape index (κ2) is 6.61. The quantitative estimate of drug-likeness (QED) is 0.374. The van der Waals surface area contributed by atoms with Crippen molar-refractivity contribution < 1.29 is 8.42 Å². The van der Waals surface area contributed by atoms with E-state index in [1.165, 1.54) is 6.21 Å². The van der Waals surface area contributed by atoms with Crippen molar-refractivity contribution in [2.75, 3.05) is 5.88 Å². The molecule has 94 valence electrons. The summed E-state index contributed by atoms with van der Waals surface area (Å²) in [6, 6.07) is 6.58. The topological polar surface area (TPSA) is 58.5 Å². The van der Waals surface area contributed by atoms with Crippen molar-refractivity contribution in [3.63, 3.8) is 0 Å². The zero-order valence-electron chi connectivity index (χ0n) is 9.56. The predicted molar refractivity (Wildman–Crippen MR) is 69.9 cm³/mol. The van der Waals surface area contributed by atoms with Gasteiger partial charge in [-0.05, 0) is 31.9 Å². The maximum Gasteiger partial charge on any atom is 0.276 e. The van der Waals surface area contributed by atoms with Gasteiger partial charge in [-0.2, -0.15) is 13.5 Å². The molecule has 0 unspecified atom stereocenters. The third-order valence-corrected chi connectivity index (χ3v) is 3.57. The Balaban J connectivity index is 2.63. The molecule has 0 aliphatic heterocycles. The van der Waals surface area contributed by atoms with Gasteiger partial charge in [-0.3, -0.25) is 0 Å². The van der Waals surface area contributed by atoms with Crippen LogP contribution in [-0.4, -0.2) is 20.5 Å². The summed E-state index contributed by atoms with van der Waals surface area (Å²) in [5, 5.41) is 3.66. The van der Waals surface area contributed by atoms with Gasteiger partial charge >= 0.3 is 0 Å². The summed E-state index contributed by atoms with van der Waals surface area (Å²) < 4.78 is 23.5. The molecule has 0 heterocycles. The summed E-state index contributed by atoms with van der Waals surface area (Å²) in [6.45, 7) is 1.90. The molecular formula is C11H15ClN2O2S. The maximum atomic E-state index is 11.7. The van der Waals surface area contributed by atoms with Gasteiger partial charge in [0.1, 0.15) is 0 Å². The summed E-state index contributed by atoms with van der Waals surface area (Å²) in [5.74, 6) is 0.538. The van der Waals surface area contributed by atoms with Crippen LogP contribution in [0.2, 0.25) is 0 Å². The van der Waals surface area contributed by atoms with Crippen LogP contribution in [-0.2, 0) is 10.0 Å². The molecule has 0 fully saturated rings. The fourth-order valence-corrected chi connectivity index (χ4v) is 2.08. The first kappa shape index (κ1) is 14.0. The molecule has 0 bridgehead atoms. The number of unbranched alkanes of at least 4 members (excludes halogenated alkanes) is 1. The van der Waals surface area contributed by atoms with Crippen LogP contribution in [0.15, 0.2) is 34.3 Å². The zero-order valence-corrected chi connectivity index (χ0v) is 11.1. The van der Waals surface area contributed by atoms with E-state index >= 15 is 0 Å². The Morgan fingerprint density at radius 1 is 1.35 bits per heavy atom. The van der Waals surface area contributed by atoms with E-state index in [9.17, 15) is 8.42 Å². The van der Waals surface area contributed by atoms with E-state index in [2.05, 4.69) is 9.93 Å². The largest absolute Gasteiger partial charge is 0.276 e. The fraction of sp³-hybridized carbons (Fsp3) is 0.364. The molecule has 1 rings (SSSR count). The Labute approximate surface area is 107 Å². The third kappa shape index (κ3) is 4.75. The van der Waals surface area contributed by atoms with E-state index in [1.54, 1.807) is 24.3 Å². The van der Waals surface area contributed by atoms with Crippen molar-refractivity contribution in [2.45, 2.75) is 24.7 Å². The smallest absolute Gasteiger partial charge is 0.200 e. The summed E-state index contributed by atoms with van der Waals surface area (Å²) >= 11 is 5.48. The number of sulfonamides is 1. The van der Waals surface area contributed by atoms with Crippen LogP contribution in [0.5, 0.6) is 0 Å². The highest BCUT2D eigenvalue weighted by atomic mass is 35.5. The SMILES string of the molecule is Cc1ccc(S(=O)(=O)N/N=C/CCCCl)cc1. The second-order valence-corrected chi connectivity index (χ2v) is 5.59. The minimum absolute atomic E-state index is 0.206. The molecule has 0 radical (unpaired) electrons. The van der Waals surface area contributed by atoms with Crippen LogP contribution in [0, 0.1) is 6.92 Å². The standard InChI is InChI=1S/C11H15ClN2O2S/c1-10-4-6-11(7-5-10)17(15,16)14-13-9-3-2-8-12/h4-7,9,14H,2-3,8H2,1H3/b13-9+. The molecule has 0 aliphatic carbocycles. The minimum Gasteiger partial charge on any atom is -0.200 e. The average molecular weight is 275 g/mol. The molecule has 1 aromatic carbocycles. The number of hydrazone groups is 1. The van der Waals surface area contributed by atoms with E-state index in [-0.39, 0.29) is 4.90 Å². The molecule has 0 aromatic heterocycles. The number of nitrogens with one attached hydrogen (secondary N) is 1. The Morgan fingerprint density at radius 2 is 2.00 bits per heavy atom. The lowest BCUT2D eigenvalue weighted by Gasteiger charge is -2.03. The van der Waals surface area contributed by atoms with Crippen molar-refractivity contribution in [1.29, 1.82) is 0 Å². The molecule has 0 atom stereocenters. The Bertz CT molecular complexity index is 469. The van der Waals surface area contributed by atoms with Crippen LogP contribution < -0.4 is 4.83 Å². The predicted octanol–water partition coefficient (Wildman–Crippen LogP) is 2.28. The van der Waals surface area contributed by atoms with Gasteiger partial charge in [0.05, 0.1) is 4.90 Å². The monoisotopic (exact) mass is 274 g/mol. The van der Waals surface area contributed by atoms with Gasteiger partial charge < -0.3 is 0 Å². The number of benzene rings is 1. The van der Waals surface area contributed by atoms with Crippen LogP contribution in [0.3, 0.4) is 0 Å². The number of nitrogens with zero attached hydrogens (tertiary/aromatic N) is 1. The molecule has 17 heavy (non-hydrogen) atoms. The number of rotatable bonds is 6. The molecule has 0 saturated heterocycles. The average Bonchev–Trinajstić information content (AvgIpc) is 2.29. The van der Waals surface area contributed by atoms with Gasteiger partial charge in [0.25, 0.3) is 10.0 Å². The van der Waals surface area contributed by atoms with Crippen LogP contribution in [0.4, 0.5) is 0 Å². The molecular weight excluding hydrogens is 260 g/mol. The van der Waals surface area contributed by atoms with Gasteiger partial charge in [0.2, 0.25) is 0 Å². The van der Waals surface area contributed by atoms with Crippen LogP contribution in [0.25, 0.3) is 0 Å². The first-order chi connectivity index (χ1) is 8.06. The van der Waals surface area contributed by atoms with Crippen molar-refractivity contribution in [1.82, 2.24) is 4.83 Å². The van der Waals surface area contributed by atoms with E-state index in [0.717, 1.165) is 12.0 Å². The number of aryl methyl sites for hydroxylation is 1. The van der Waals surface area contributed by atoms with Crippen molar-refractivity contribution in [2.24, 2.45) is 5.10 Å². The summed E-state index contributed by atoms with van der Waals surface area (Å²) in [5.41, 5.74) is 1.01. The van der Waals surface area contributed by atoms with Crippen LogP contribution in [0.1, 0.15) is 18.4 Å². The highest BCUT2D eigenvalue weighted by Crippen LogP contribution is 2.09. The number of halogens is 1. The van der Waals surface area contributed by atoms with Gasteiger partial charge in [0, 0.05) is 12.1 Å². The van der Waals surface area contributed by atoms with Crippen molar-refractivity contribution in [3.8, 4) is 0 Å². The normalized spacial score (nSPS) is 11.9. The second-order valence-electron chi connectivity index (χ2n) is 3.55. The zero-order chi connectivity index (χ0) is 12.7. The van der Waals surface area contributed by atoms with Crippen LogP contribution >= 0.6 is 11.6 Å². The molecule has 6 heteroatoms. The number of hydrogen-bond acceptors (Lipinski definition) is 3. The molecule has 1 aromatic rings. The van der Waals surface area contributed by atoms with Crippen molar-refractivity contribution >= 4 is 27.8 Å². The van der Waals surface area contributed by atoms with Crippen molar-refractivity contribution in [3.05, 3.63) is 29.8 Å². The van der Waals surface area contributed by atoms with E-state index < -0.39 is 10.0 Å². The highest BCUT2D eigenvalue weighted by Gasteiger charge is 2.11. The molecule has 0 spiro atoms. The first-order valence-corrected chi connectivity index (χ1v) is 7.24. The molecule has 4 nitrogen and oxygen atoms in total. The van der Waals surface area contributed by atoms with Gasteiger partial charge in [-0.25, -0.2) is 4.83 Å². The minimum atomic E-state index is -3.55. The lowest BCUT2D eigenvalue weighted by atomic mass is 10.2. The number of hydrogen-bond donors (Lipinski definition) is 1. The lowest BCUT2D eigenvalue weighted by molar-refractivity contribution is 0.584. The van der Waals surface area contributed by atoms with Gasteiger partial charge in [-0.1, -0.05) is 17.7 Å². The lowest BCUT2D eigenvalue weighted by Crippen LogP contribution is -2.18. The Hall–Kier alpha value is -1.07. The Kier molecular flexibility index (Phi) is 5.44. The fourth-order valence-electron chi connectivity index (χ4n) is 1.11. The first-order valence-electron chi connectivity index (χ1n) is 5.22.